The van der Waals surface area contributed by atoms with Crippen molar-refractivity contribution in [1.82, 2.24) is 10.1 Å². The van der Waals surface area contributed by atoms with E-state index in [4.69, 9.17) is 9.26 Å². The predicted molar refractivity (Wildman–Crippen MR) is 76.9 cm³/mol. The molecule has 5 nitrogen and oxygen atoms in total. The van der Waals surface area contributed by atoms with E-state index in [1.165, 1.54) is 12.8 Å². The molecule has 0 bridgehead atoms. The lowest BCUT2D eigenvalue weighted by Crippen LogP contribution is -2.29. The molecule has 116 valence electrons. The molecule has 5 heteroatoms. The van der Waals surface area contributed by atoms with Crippen LogP contribution in [0.5, 0.6) is 0 Å². The van der Waals surface area contributed by atoms with Gasteiger partial charge in [0.2, 0.25) is 11.7 Å². The molecule has 0 aliphatic heterocycles. The second kappa shape index (κ2) is 6.26. The van der Waals surface area contributed by atoms with Crippen LogP contribution in [0.2, 0.25) is 0 Å². The van der Waals surface area contributed by atoms with E-state index in [9.17, 15) is 4.79 Å². The van der Waals surface area contributed by atoms with Crippen LogP contribution < -0.4 is 0 Å². The summed E-state index contributed by atoms with van der Waals surface area (Å²) in [5.74, 6) is 1.99. The Morgan fingerprint density at radius 3 is 2.43 bits per heavy atom. The van der Waals surface area contributed by atoms with Crippen molar-refractivity contribution in [2.24, 2.45) is 0 Å². The van der Waals surface area contributed by atoms with Crippen molar-refractivity contribution >= 4 is 5.78 Å². The van der Waals surface area contributed by atoms with Gasteiger partial charge in [0.05, 0.1) is 0 Å². The summed E-state index contributed by atoms with van der Waals surface area (Å²) >= 11 is 0. The average molecular weight is 292 g/mol. The third kappa shape index (κ3) is 3.03. The van der Waals surface area contributed by atoms with Gasteiger partial charge in [-0.2, -0.15) is 4.98 Å². The van der Waals surface area contributed by atoms with Crippen molar-refractivity contribution in [3.8, 4) is 0 Å². The summed E-state index contributed by atoms with van der Waals surface area (Å²) < 4.78 is 11.3. The molecule has 1 aromatic heterocycles. The standard InChI is InChI=1S/C16H24N2O3/c1-20-16(10-4-2-3-5-11-16)15-17-14(21-18-15)12-6-8-13(19)9-7-12/h12H,2-11H2,1H3. The third-order valence-electron chi connectivity index (χ3n) is 5.04. The molecule has 2 saturated carbocycles. The van der Waals surface area contributed by atoms with Crippen LogP contribution in [0.25, 0.3) is 0 Å². The highest BCUT2D eigenvalue weighted by molar-refractivity contribution is 5.79. The molecule has 2 fully saturated rings. The molecule has 21 heavy (non-hydrogen) atoms. The molecule has 1 aromatic rings. The first kappa shape index (κ1) is 14.7. The quantitative estimate of drug-likeness (QED) is 0.798. The smallest absolute Gasteiger partial charge is 0.229 e. The number of ether oxygens (including phenoxy) is 1. The Morgan fingerprint density at radius 1 is 1.14 bits per heavy atom. The summed E-state index contributed by atoms with van der Waals surface area (Å²) in [7, 11) is 1.75. The summed E-state index contributed by atoms with van der Waals surface area (Å²) in [6.07, 6.45) is 9.67. The first-order valence-electron chi connectivity index (χ1n) is 8.14. The van der Waals surface area contributed by atoms with Gasteiger partial charge >= 0.3 is 0 Å². The summed E-state index contributed by atoms with van der Waals surface area (Å²) in [5, 5.41) is 4.22. The van der Waals surface area contributed by atoms with Gasteiger partial charge in [-0.3, -0.25) is 4.79 Å². The molecule has 0 spiro atoms. The number of hydrogen-bond donors (Lipinski definition) is 0. The van der Waals surface area contributed by atoms with E-state index >= 15 is 0 Å². The summed E-state index contributed by atoms with van der Waals surface area (Å²) in [4.78, 5) is 16.0. The van der Waals surface area contributed by atoms with E-state index in [0.29, 0.717) is 30.3 Å². The summed E-state index contributed by atoms with van der Waals surface area (Å²) in [6.45, 7) is 0. The molecule has 0 radical (unpaired) electrons. The molecule has 0 amide bonds. The first-order chi connectivity index (χ1) is 10.2. The van der Waals surface area contributed by atoms with Gasteiger partial charge in [0.1, 0.15) is 11.4 Å². The highest BCUT2D eigenvalue weighted by Gasteiger charge is 2.38. The number of Topliss-reactive ketones (excluding diaryl/α,β-unsaturated/α-hetero) is 1. The number of aromatic nitrogens is 2. The molecule has 0 atom stereocenters. The van der Waals surface area contributed by atoms with Crippen LogP contribution >= 0.6 is 0 Å². The van der Waals surface area contributed by atoms with Crippen molar-refractivity contribution in [1.29, 1.82) is 0 Å². The van der Waals surface area contributed by atoms with E-state index in [0.717, 1.165) is 38.5 Å². The molecule has 0 unspecified atom stereocenters. The largest absolute Gasteiger partial charge is 0.370 e. The van der Waals surface area contributed by atoms with E-state index < -0.39 is 0 Å². The number of nitrogens with zero attached hydrogens (tertiary/aromatic N) is 2. The molecular formula is C16H24N2O3. The normalized spacial score (nSPS) is 24.0. The van der Waals surface area contributed by atoms with Crippen LogP contribution in [0.3, 0.4) is 0 Å². The molecule has 0 aromatic carbocycles. The van der Waals surface area contributed by atoms with Crippen LogP contribution in [0, 0.1) is 0 Å². The van der Waals surface area contributed by atoms with E-state index in [-0.39, 0.29) is 11.5 Å². The maximum atomic E-state index is 11.3. The molecule has 0 saturated heterocycles. The first-order valence-corrected chi connectivity index (χ1v) is 8.14. The number of rotatable bonds is 3. The van der Waals surface area contributed by atoms with Crippen molar-refractivity contribution in [3.05, 3.63) is 11.7 Å². The molecule has 3 rings (SSSR count). The van der Waals surface area contributed by atoms with Gasteiger partial charge in [0.25, 0.3) is 0 Å². The maximum absolute atomic E-state index is 11.3. The zero-order chi connectivity index (χ0) is 14.7. The highest BCUT2D eigenvalue weighted by atomic mass is 16.5. The fourth-order valence-electron chi connectivity index (χ4n) is 3.59. The van der Waals surface area contributed by atoms with E-state index in [2.05, 4.69) is 10.1 Å². The Balaban J connectivity index is 1.77. The number of methoxy groups -OCH3 is 1. The van der Waals surface area contributed by atoms with Crippen LogP contribution in [-0.4, -0.2) is 23.0 Å². The molecule has 2 aliphatic carbocycles. The zero-order valence-electron chi connectivity index (χ0n) is 12.8. The summed E-state index contributed by atoms with van der Waals surface area (Å²) in [6, 6.07) is 0. The lowest BCUT2D eigenvalue weighted by atomic mass is 9.88. The fraction of sp³-hybridized carbons (Fsp3) is 0.812. The summed E-state index contributed by atoms with van der Waals surface area (Å²) in [5.41, 5.74) is -0.372. The van der Waals surface area contributed by atoms with Gasteiger partial charge in [0, 0.05) is 25.9 Å². The minimum Gasteiger partial charge on any atom is -0.370 e. The van der Waals surface area contributed by atoms with Gasteiger partial charge in [0.15, 0.2) is 0 Å². The molecular weight excluding hydrogens is 268 g/mol. The molecule has 2 aliphatic rings. The van der Waals surface area contributed by atoms with E-state index in [1.54, 1.807) is 7.11 Å². The van der Waals surface area contributed by atoms with Gasteiger partial charge in [-0.1, -0.05) is 30.8 Å². The molecule has 0 N–H and O–H groups in total. The van der Waals surface area contributed by atoms with E-state index in [1.807, 2.05) is 0 Å². The minimum absolute atomic E-state index is 0.239. The average Bonchev–Trinajstić information content (AvgIpc) is 2.88. The lowest BCUT2D eigenvalue weighted by molar-refractivity contribution is -0.120. The predicted octanol–water partition coefficient (Wildman–Crippen LogP) is 3.49. The number of carbonyl (C=O) groups excluding carboxylic acids is 1. The second-order valence-electron chi connectivity index (χ2n) is 6.38. The Kier molecular flexibility index (Phi) is 4.38. The van der Waals surface area contributed by atoms with Crippen LogP contribution in [0.4, 0.5) is 0 Å². The zero-order valence-corrected chi connectivity index (χ0v) is 12.8. The Morgan fingerprint density at radius 2 is 1.81 bits per heavy atom. The minimum atomic E-state index is -0.372. The monoisotopic (exact) mass is 292 g/mol. The Hall–Kier alpha value is -1.23. The second-order valence-corrected chi connectivity index (χ2v) is 6.38. The number of carbonyl (C=O) groups is 1. The molecule has 1 heterocycles. The number of ketones is 1. The fourth-order valence-corrected chi connectivity index (χ4v) is 3.59. The van der Waals surface area contributed by atoms with Crippen molar-refractivity contribution < 1.29 is 14.1 Å². The van der Waals surface area contributed by atoms with Crippen molar-refractivity contribution in [3.63, 3.8) is 0 Å². The lowest BCUT2D eigenvalue weighted by Gasteiger charge is -2.27. The van der Waals surface area contributed by atoms with Crippen LogP contribution in [0.1, 0.15) is 81.8 Å². The maximum Gasteiger partial charge on any atom is 0.229 e. The Bertz CT molecular complexity index is 479. The van der Waals surface area contributed by atoms with Gasteiger partial charge in [-0.15, -0.1) is 0 Å². The van der Waals surface area contributed by atoms with Crippen LogP contribution in [0.15, 0.2) is 4.52 Å². The SMILES string of the molecule is COC1(c2noc(C3CCC(=O)CC3)n2)CCCCCC1. The van der Waals surface area contributed by atoms with Crippen molar-refractivity contribution in [2.45, 2.75) is 75.7 Å². The third-order valence-corrected chi connectivity index (χ3v) is 5.04. The van der Waals surface area contributed by atoms with Gasteiger partial charge in [-0.25, -0.2) is 0 Å². The topological polar surface area (TPSA) is 65.2 Å². The Labute approximate surface area is 125 Å². The van der Waals surface area contributed by atoms with Crippen LogP contribution in [-0.2, 0) is 15.1 Å². The van der Waals surface area contributed by atoms with Gasteiger partial charge in [-0.05, 0) is 25.7 Å². The van der Waals surface area contributed by atoms with Gasteiger partial charge < -0.3 is 9.26 Å². The van der Waals surface area contributed by atoms with Crippen molar-refractivity contribution in [2.75, 3.05) is 7.11 Å². The number of hydrogen-bond acceptors (Lipinski definition) is 5. The highest BCUT2D eigenvalue weighted by Crippen LogP contribution is 2.39.